The summed E-state index contributed by atoms with van der Waals surface area (Å²) in [5.41, 5.74) is 2.36. The lowest BCUT2D eigenvalue weighted by molar-refractivity contribution is 0.245. The number of rotatable bonds is 6. The van der Waals surface area contributed by atoms with E-state index in [4.69, 9.17) is 5.11 Å². The quantitative estimate of drug-likeness (QED) is 0.767. The van der Waals surface area contributed by atoms with Gasteiger partial charge in [-0.15, -0.1) is 0 Å². The highest BCUT2D eigenvalue weighted by atomic mass is 16.3. The number of aromatic nitrogens is 1. The molecular formula is C17H21N3O2. The third-order valence-electron chi connectivity index (χ3n) is 3.28. The predicted octanol–water partition coefficient (Wildman–Crippen LogP) is 3.03. The molecule has 22 heavy (non-hydrogen) atoms. The Hall–Kier alpha value is -2.40. The third kappa shape index (κ3) is 4.56. The van der Waals surface area contributed by atoms with Crippen LogP contribution in [0.4, 0.5) is 10.5 Å². The fourth-order valence-corrected chi connectivity index (χ4v) is 2.18. The van der Waals surface area contributed by atoms with E-state index >= 15 is 0 Å². The van der Waals surface area contributed by atoms with E-state index in [-0.39, 0.29) is 18.7 Å². The standard InChI is InChI=1S/C17H21N3O2/c1-13(7-6-12-21)19-17(22)20-15-10-5-11-18-16(15)14-8-3-2-4-9-14/h2-5,8-11,13,21H,6-7,12H2,1H3,(H2,19,20,22)/t13-/m1/s1. The first kappa shape index (κ1) is 16.0. The van der Waals surface area contributed by atoms with Crippen molar-refractivity contribution in [2.24, 2.45) is 0 Å². The lowest BCUT2D eigenvalue weighted by Gasteiger charge is -2.15. The number of carbonyl (C=O) groups excluding carboxylic acids is 1. The zero-order valence-electron chi connectivity index (χ0n) is 12.6. The smallest absolute Gasteiger partial charge is 0.319 e. The second-order valence-electron chi connectivity index (χ2n) is 5.13. The second kappa shape index (κ2) is 8.14. The van der Waals surface area contributed by atoms with Gasteiger partial charge in [0.25, 0.3) is 0 Å². The maximum Gasteiger partial charge on any atom is 0.319 e. The summed E-state index contributed by atoms with van der Waals surface area (Å²) < 4.78 is 0. The van der Waals surface area contributed by atoms with Crippen LogP contribution in [-0.4, -0.2) is 28.8 Å². The summed E-state index contributed by atoms with van der Waals surface area (Å²) in [6.07, 6.45) is 3.11. The van der Waals surface area contributed by atoms with Crippen LogP contribution in [0.5, 0.6) is 0 Å². The van der Waals surface area contributed by atoms with Gasteiger partial charge in [0.2, 0.25) is 0 Å². The monoisotopic (exact) mass is 299 g/mol. The summed E-state index contributed by atoms with van der Waals surface area (Å²) >= 11 is 0. The number of aliphatic hydroxyl groups excluding tert-OH is 1. The number of pyridine rings is 1. The van der Waals surface area contributed by atoms with Gasteiger partial charge in [-0.1, -0.05) is 30.3 Å². The lowest BCUT2D eigenvalue weighted by Crippen LogP contribution is -2.36. The van der Waals surface area contributed by atoms with Crippen molar-refractivity contribution >= 4 is 11.7 Å². The zero-order chi connectivity index (χ0) is 15.8. The van der Waals surface area contributed by atoms with Gasteiger partial charge < -0.3 is 15.7 Å². The first-order chi connectivity index (χ1) is 10.7. The molecule has 2 aromatic rings. The maximum atomic E-state index is 12.1. The molecule has 0 bridgehead atoms. The van der Waals surface area contributed by atoms with Gasteiger partial charge in [-0.25, -0.2) is 4.79 Å². The molecule has 0 saturated heterocycles. The van der Waals surface area contributed by atoms with Crippen molar-refractivity contribution in [3.63, 3.8) is 0 Å². The number of urea groups is 1. The molecule has 2 rings (SSSR count). The van der Waals surface area contributed by atoms with E-state index < -0.39 is 0 Å². The van der Waals surface area contributed by atoms with Crippen LogP contribution in [0, 0.1) is 0 Å². The number of amides is 2. The van der Waals surface area contributed by atoms with Gasteiger partial charge in [-0.2, -0.15) is 0 Å². The van der Waals surface area contributed by atoms with Crippen molar-refractivity contribution < 1.29 is 9.90 Å². The molecule has 116 valence electrons. The van der Waals surface area contributed by atoms with E-state index in [1.54, 1.807) is 12.3 Å². The molecule has 0 unspecified atom stereocenters. The van der Waals surface area contributed by atoms with E-state index in [9.17, 15) is 4.79 Å². The van der Waals surface area contributed by atoms with E-state index in [2.05, 4.69) is 15.6 Å². The van der Waals surface area contributed by atoms with E-state index in [0.717, 1.165) is 17.7 Å². The molecule has 0 aliphatic rings. The molecule has 5 nitrogen and oxygen atoms in total. The first-order valence-electron chi connectivity index (χ1n) is 7.39. The second-order valence-corrected chi connectivity index (χ2v) is 5.13. The highest BCUT2D eigenvalue weighted by Crippen LogP contribution is 2.24. The van der Waals surface area contributed by atoms with E-state index in [1.807, 2.05) is 43.3 Å². The van der Waals surface area contributed by atoms with Gasteiger partial charge >= 0.3 is 6.03 Å². The van der Waals surface area contributed by atoms with Crippen molar-refractivity contribution in [3.05, 3.63) is 48.7 Å². The number of carbonyl (C=O) groups is 1. The van der Waals surface area contributed by atoms with Crippen molar-refractivity contribution in [2.45, 2.75) is 25.8 Å². The number of nitrogens with zero attached hydrogens (tertiary/aromatic N) is 1. The average Bonchev–Trinajstić information content (AvgIpc) is 2.54. The third-order valence-corrected chi connectivity index (χ3v) is 3.28. The number of anilines is 1. The predicted molar refractivity (Wildman–Crippen MR) is 87.6 cm³/mol. The fourth-order valence-electron chi connectivity index (χ4n) is 2.18. The summed E-state index contributed by atoms with van der Waals surface area (Å²) in [6, 6.07) is 13.1. The van der Waals surface area contributed by atoms with Gasteiger partial charge in [0.1, 0.15) is 0 Å². The van der Waals surface area contributed by atoms with Crippen LogP contribution < -0.4 is 10.6 Å². The largest absolute Gasteiger partial charge is 0.396 e. The molecule has 0 radical (unpaired) electrons. The van der Waals surface area contributed by atoms with Gasteiger partial charge in [0, 0.05) is 24.4 Å². The summed E-state index contributed by atoms with van der Waals surface area (Å²) in [4.78, 5) is 16.4. The molecule has 0 fully saturated rings. The summed E-state index contributed by atoms with van der Waals surface area (Å²) in [6.45, 7) is 2.05. The maximum absolute atomic E-state index is 12.1. The first-order valence-corrected chi connectivity index (χ1v) is 7.39. The Kier molecular flexibility index (Phi) is 5.91. The van der Waals surface area contributed by atoms with Crippen LogP contribution >= 0.6 is 0 Å². The minimum Gasteiger partial charge on any atom is -0.396 e. The van der Waals surface area contributed by atoms with Crippen LogP contribution in [0.2, 0.25) is 0 Å². The molecule has 5 heteroatoms. The Morgan fingerprint density at radius 2 is 2.00 bits per heavy atom. The number of benzene rings is 1. The summed E-state index contributed by atoms with van der Waals surface area (Å²) in [5, 5.41) is 14.5. The van der Waals surface area contributed by atoms with Crippen LogP contribution in [0.1, 0.15) is 19.8 Å². The number of aliphatic hydroxyl groups is 1. The summed E-state index contributed by atoms with van der Waals surface area (Å²) in [5.74, 6) is 0. The molecular weight excluding hydrogens is 278 g/mol. The van der Waals surface area contributed by atoms with Gasteiger partial charge in [-0.3, -0.25) is 4.98 Å². The number of hydrogen-bond acceptors (Lipinski definition) is 3. The van der Waals surface area contributed by atoms with Crippen LogP contribution in [0.15, 0.2) is 48.7 Å². The number of hydrogen-bond donors (Lipinski definition) is 3. The Morgan fingerprint density at radius 3 is 2.73 bits per heavy atom. The molecule has 1 heterocycles. The Morgan fingerprint density at radius 1 is 1.23 bits per heavy atom. The highest BCUT2D eigenvalue weighted by molar-refractivity contribution is 5.93. The zero-order valence-corrected chi connectivity index (χ0v) is 12.6. The molecule has 1 aromatic carbocycles. The molecule has 2 amide bonds. The molecule has 1 atom stereocenters. The minimum atomic E-state index is -0.268. The Bertz CT molecular complexity index is 602. The Labute approximate surface area is 130 Å². The normalized spacial score (nSPS) is 11.7. The van der Waals surface area contributed by atoms with Crippen molar-refractivity contribution in [3.8, 4) is 11.3 Å². The molecule has 0 aliphatic heterocycles. The lowest BCUT2D eigenvalue weighted by atomic mass is 10.1. The van der Waals surface area contributed by atoms with Crippen molar-refractivity contribution in [2.75, 3.05) is 11.9 Å². The van der Waals surface area contributed by atoms with E-state index in [0.29, 0.717) is 12.1 Å². The van der Waals surface area contributed by atoms with Gasteiger partial charge in [0.05, 0.1) is 11.4 Å². The van der Waals surface area contributed by atoms with Crippen LogP contribution in [0.25, 0.3) is 11.3 Å². The fraction of sp³-hybridized carbons (Fsp3) is 0.294. The summed E-state index contributed by atoms with van der Waals surface area (Å²) in [7, 11) is 0. The van der Waals surface area contributed by atoms with Gasteiger partial charge in [0.15, 0.2) is 0 Å². The van der Waals surface area contributed by atoms with Gasteiger partial charge in [-0.05, 0) is 31.9 Å². The molecule has 0 spiro atoms. The van der Waals surface area contributed by atoms with Crippen LogP contribution in [0.3, 0.4) is 0 Å². The SMILES string of the molecule is C[C@H](CCCO)NC(=O)Nc1cccnc1-c1ccccc1. The van der Waals surface area contributed by atoms with Crippen molar-refractivity contribution in [1.82, 2.24) is 10.3 Å². The minimum absolute atomic E-state index is 0.00370. The highest BCUT2D eigenvalue weighted by Gasteiger charge is 2.11. The van der Waals surface area contributed by atoms with Crippen LogP contribution in [-0.2, 0) is 0 Å². The Balaban J connectivity index is 2.06. The molecule has 0 saturated carbocycles. The molecule has 1 aromatic heterocycles. The van der Waals surface area contributed by atoms with E-state index in [1.165, 1.54) is 0 Å². The molecule has 0 aliphatic carbocycles. The average molecular weight is 299 g/mol. The van der Waals surface area contributed by atoms with Crippen molar-refractivity contribution in [1.29, 1.82) is 0 Å². The molecule has 3 N–H and O–H groups in total. The topological polar surface area (TPSA) is 74.2 Å². The number of nitrogens with one attached hydrogen (secondary N) is 2.